The van der Waals surface area contributed by atoms with E-state index in [9.17, 15) is 10.2 Å². The Kier molecular flexibility index (Phi) is 4.05. The van der Waals surface area contributed by atoms with Crippen molar-refractivity contribution in [3.05, 3.63) is 0 Å². The van der Waals surface area contributed by atoms with Gasteiger partial charge in [0.15, 0.2) is 0 Å². The molecule has 0 aromatic carbocycles. The van der Waals surface area contributed by atoms with Crippen LogP contribution in [0.2, 0.25) is 0 Å². The quantitative estimate of drug-likeness (QED) is 0.781. The van der Waals surface area contributed by atoms with Crippen LogP contribution in [-0.2, 0) is 9.47 Å². The maximum Gasteiger partial charge on any atom is 0.148 e. The van der Waals surface area contributed by atoms with Crippen LogP contribution in [0.25, 0.3) is 0 Å². The van der Waals surface area contributed by atoms with E-state index in [1.54, 1.807) is 11.8 Å². The molecule has 2 aliphatic heterocycles. The molecule has 2 aliphatic rings. The molecular weight excluding hydrogens is 240 g/mol. The van der Waals surface area contributed by atoms with Crippen LogP contribution in [0.4, 0.5) is 0 Å². The molecule has 0 amide bonds. The first-order valence-corrected chi connectivity index (χ1v) is 7.26. The fourth-order valence-corrected chi connectivity index (χ4v) is 4.33. The second-order valence-electron chi connectivity index (χ2n) is 5.00. The molecule has 0 bridgehead atoms. The van der Waals surface area contributed by atoms with Gasteiger partial charge in [-0.25, -0.2) is 0 Å². The molecule has 100 valence electrons. The van der Waals surface area contributed by atoms with E-state index in [1.165, 1.54) is 0 Å². The minimum absolute atomic E-state index is 0.0892. The van der Waals surface area contributed by atoms with Gasteiger partial charge in [-0.3, -0.25) is 0 Å². The third-order valence-corrected chi connectivity index (χ3v) is 5.87. The van der Waals surface area contributed by atoms with E-state index in [-0.39, 0.29) is 17.3 Å². The second-order valence-corrected chi connectivity index (χ2v) is 6.48. The van der Waals surface area contributed by atoms with Crippen LogP contribution in [0, 0.1) is 0 Å². The first kappa shape index (κ1) is 13.6. The van der Waals surface area contributed by atoms with E-state index in [0.29, 0.717) is 0 Å². The molecule has 2 rings (SSSR count). The van der Waals surface area contributed by atoms with Gasteiger partial charge in [-0.05, 0) is 19.8 Å². The normalized spacial score (nSPS) is 51.0. The van der Waals surface area contributed by atoms with E-state index in [0.717, 1.165) is 12.8 Å². The van der Waals surface area contributed by atoms with Crippen molar-refractivity contribution in [1.82, 2.24) is 0 Å². The van der Waals surface area contributed by atoms with Gasteiger partial charge in [0.25, 0.3) is 0 Å². The molecule has 2 saturated heterocycles. The average molecular weight is 262 g/mol. The average Bonchev–Trinajstić information content (AvgIpc) is 2.69. The molecule has 2 heterocycles. The van der Waals surface area contributed by atoms with Gasteiger partial charge in [-0.2, -0.15) is 0 Å². The van der Waals surface area contributed by atoms with Gasteiger partial charge in [0.05, 0.1) is 12.2 Å². The first-order chi connectivity index (χ1) is 8.04. The Labute approximate surface area is 107 Å². The zero-order valence-corrected chi connectivity index (χ0v) is 11.4. The third kappa shape index (κ3) is 2.12. The fraction of sp³-hybridized carbons (Fsp3) is 1.00. The molecule has 2 N–H and O–H groups in total. The number of hydrogen-bond donors (Lipinski definition) is 2. The number of rotatable bonds is 2. The van der Waals surface area contributed by atoms with E-state index >= 15 is 0 Å². The van der Waals surface area contributed by atoms with Crippen molar-refractivity contribution in [3.8, 4) is 0 Å². The summed E-state index contributed by atoms with van der Waals surface area (Å²) in [6.45, 7) is 6.12. The monoisotopic (exact) mass is 262 g/mol. The minimum Gasteiger partial charge on any atom is -0.389 e. The van der Waals surface area contributed by atoms with Crippen molar-refractivity contribution in [2.75, 3.05) is 6.79 Å². The van der Waals surface area contributed by atoms with Crippen molar-refractivity contribution in [3.63, 3.8) is 0 Å². The lowest BCUT2D eigenvalue weighted by atomic mass is 9.85. The van der Waals surface area contributed by atoms with E-state index in [2.05, 4.69) is 13.8 Å². The molecule has 0 aliphatic carbocycles. The highest BCUT2D eigenvalue weighted by atomic mass is 32.2. The number of thioether (sulfide) groups is 1. The fourth-order valence-electron chi connectivity index (χ4n) is 2.77. The van der Waals surface area contributed by atoms with Gasteiger partial charge in [-0.15, -0.1) is 11.8 Å². The zero-order valence-electron chi connectivity index (χ0n) is 10.6. The maximum atomic E-state index is 10.5. The Bertz CT molecular complexity index is 275. The Morgan fingerprint density at radius 3 is 2.47 bits per heavy atom. The summed E-state index contributed by atoms with van der Waals surface area (Å²) >= 11 is 1.66. The van der Waals surface area contributed by atoms with Crippen molar-refractivity contribution < 1.29 is 19.7 Å². The highest BCUT2D eigenvalue weighted by Crippen LogP contribution is 2.44. The number of ether oxygens (including phenoxy) is 2. The molecule has 17 heavy (non-hydrogen) atoms. The molecule has 0 aromatic heterocycles. The maximum absolute atomic E-state index is 10.5. The molecule has 4 nitrogen and oxygen atoms in total. The molecule has 5 heteroatoms. The summed E-state index contributed by atoms with van der Waals surface area (Å²) < 4.78 is 11.1. The number of aliphatic hydroxyl groups excluding tert-OH is 2. The molecule has 0 saturated carbocycles. The van der Waals surface area contributed by atoms with Gasteiger partial charge in [0, 0.05) is 10.5 Å². The van der Waals surface area contributed by atoms with Crippen LogP contribution in [0.15, 0.2) is 0 Å². The van der Waals surface area contributed by atoms with E-state index < -0.39 is 23.9 Å². The van der Waals surface area contributed by atoms with Crippen LogP contribution in [-0.4, -0.2) is 51.4 Å². The van der Waals surface area contributed by atoms with Crippen molar-refractivity contribution in [2.45, 2.75) is 68.0 Å². The van der Waals surface area contributed by atoms with Crippen LogP contribution in [0.5, 0.6) is 0 Å². The van der Waals surface area contributed by atoms with E-state index in [1.807, 2.05) is 6.92 Å². The van der Waals surface area contributed by atoms with Crippen LogP contribution < -0.4 is 0 Å². The lowest BCUT2D eigenvalue weighted by Gasteiger charge is -2.35. The van der Waals surface area contributed by atoms with Crippen LogP contribution >= 0.6 is 11.8 Å². The summed E-state index contributed by atoms with van der Waals surface area (Å²) in [4.78, 5) is 0. The van der Waals surface area contributed by atoms with Crippen molar-refractivity contribution in [2.24, 2.45) is 0 Å². The summed E-state index contributed by atoms with van der Waals surface area (Å²) in [5.74, 6) is 0. The van der Waals surface area contributed by atoms with Crippen LogP contribution in [0.3, 0.4) is 0 Å². The molecule has 6 atom stereocenters. The molecule has 0 radical (unpaired) electrons. The molecule has 2 fully saturated rings. The summed E-state index contributed by atoms with van der Waals surface area (Å²) in [5, 5.41) is 21.0. The SMILES string of the molecule is CCC1SC(CC)C(O)C2(C)OCOC2C1O. The summed E-state index contributed by atoms with van der Waals surface area (Å²) in [6.07, 6.45) is 0.123. The molecule has 6 unspecified atom stereocenters. The Morgan fingerprint density at radius 2 is 1.88 bits per heavy atom. The topological polar surface area (TPSA) is 58.9 Å². The van der Waals surface area contributed by atoms with Crippen LogP contribution in [0.1, 0.15) is 33.6 Å². The molecule has 0 spiro atoms. The summed E-state index contributed by atoms with van der Waals surface area (Å²) in [7, 11) is 0. The number of fused-ring (bicyclic) bond motifs is 1. The van der Waals surface area contributed by atoms with E-state index in [4.69, 9.17) is 9.47 Å². The standard InChI is InChI=1S/C12H22O4S/c1-4-7-9(13)11-12(3,16-6-15-11)10(14)8(5-2)17-7/h7-11,13-14H,4-6H2,1-3H3. The van der Waals surface area contributed by atoms with Gasteiger partial charge < -0.3 is 19.7 Å². The third-order valence-electron chi connectivity index (χ3n) is 3.97. The van der Waals surface area contributed by atoms with Crippen molar-refractivity contribution >= 4 is 11.8 Å². The first-order valence-electron chi connectivity index (χ1n) is 6.31. The largest absolute Gasteiger partial charge is 0.389 e. The van der Waals surface area contributed by atoms with Crippen molar-refractivity contribution in [1.29, 1.82) is 0 Å². The Morgan fingerprint density at radius 1 is 1.24 bits per heavy atom. The summed E-state index contributed by atoms with van der Waals surface area (Å²) in [6, 6.07) is 0. The molecular formula is C12H22O4S. The molecule has 0 aromatic rings. The van der Waals surface area contributed by atoms with Gasteiger partial charge in [0.1, 0.15) is 18.5 Å². The number of hydrogen-bond acceptors (Lipinski definition) is 5. The minimum atomic E-state index is -0.781. The highest BCUT2D eigenvalue weighted by molar-refractivity contribution is 8.00. The lowest BCUT2D eigenvalue weighted by Crippen LogP contribution is -2.54. The predicted molar refractivity (Wildman–Crippen MR) is 67.0 cm³/mol. The van der Waals surface area contributed by atoms with Gasteiger partial charge >= 0.3 is 0 Å². The lowest BCUT2D eigenvalue weighted by molar-refractivity contribution is -0.100. The highest BCUT2D eigenvalue weighted by Gasteiger charge is 2.56. The Balaban J connectivity index is 2.31. The smallest absolute Gasteiger partial charge is 0.148 e. The summed E-state index contributed by atoms with van der Waals surface area (Å²) in [5.41, 5.74) is -0.781. The predicted octanol–water partition coefficient (Wildman–Crippen LogP) is 1.14. The second kappa shape index (κ2) is 5.05. The number of aliphatic hydroxyl groups is 2. The van der Waals surface area contributed by atoms with Gasteiger partial charge in [-0.1, -0.05) is 13.8 Å². The zero-order chi connectivity index (χ0) is 12.6. The Hall–Kier alpha value is 0.190. The van der Waals surface area contributed by atoms with Gasteiger partial charge in [0.2, 0.25) is 0 Å².